The Morgan fingerprint density at radius 1 is 1.19 bits per heavy atom. The maximum atomic E-state index is 12.2. The second-order valence-corrected chi connectivity index (χ2v) is 6.53. The summed E-state index contributed by atoms with van der Waals surface area (Å²) in [7, 11) is 1.53. The number of hydrogen-bond donors (Lipinski definition) is 2. The molecule has 0 spiro atoms. The van der Waals surface area contributed by atoms with E-state index in [1.165, 1.54) is 11.8 Å². The third kappa shape index (κ3) is 5.99. The predicted molar refractivity (Wildman–Crippen MR) is 119 cm³/mol. The molecule has 0 atom stereocenters. The number of amides is 1. The molecule has 3 aromatic rings. The molecule has 0 aliphatic carbocycles. The standard InChI is InChI=1S/C22H25N5O4/c1-4-30-18-8-6-17(7-9-18)26-21(28)14-31-19-10-5-16(11-20(19)29-3)12-24-27-13-15(2)25-22(27)23/h5-13H,4,14H2,1-3H3,(H2,23,25)(H,26,28). The number of aryl methyl sites for hydroxylation is 1. The molecule has 0 aliphatic rings. The van der Waals surface area contributed by atoms with Gasteiger partial charge in [-0.3, -0.25) is 4.79 Å². The monoisotopic (exact) mass is 423 g/mol. The molecule has 2 aromatic carbocycles. The van der Waals surface area contributed by atoms with E-state index in [0.717, 1.165) is 17.0 Å². The maximum absolute atomic E-state index is 12.2. The first-order valence-electron chi connectivity index (χ1n) is 9.68. The highest BCUT2D eigenvalue weighted by Gasteiger charge is 2.09. The fourth-order valence-electron chi connectivity index (χ4n) is 2.75. The molecule has 0 unspecified atom stereocenters. The van der Waals surface area contributed by atoms with E-state index >= 15 is 0 Å². The van der Waals surface area contributed by atoms with Crippen LogP contribution in [-0.4, -0.2) is 42.1 Å². The van der Waals surface area contributed by atoms with Crippen molar-refractivity contribution in [2.24, 2.45) is 5.10 Å². The van der Waals surface area contributed by atoms with Crippen molar-refractivity contribution in [2.75, 3.05) is 31.4 Å². The van der Waals surface area contributed by atoms with Gasteiger partial charge in [-0.25, -0.2) is 9.66 Å². The van der Waals surface area contributed by atoms with E-state index in [4.69, 9.17) is 19.9 Å². The van der Waals surface area contributed by atoms with E-state index < -0.39 is 0 Å². The second kappa shape index (κ2) is 10.1. The summed E-state index contributed by atoms with van der Waals surface area (Å²) in [5.41, 5.74) is 7.99. The van der Waals surface area contributed by atoms with Gasteiger partial charge >= 0.3 is 0 Å². The first kappa shape index (κ1) is 21.7. The van der Waals surface area contributed by atoms with Gasteiger partial charge in [-0.1, -0.05) is 0 Å². The number of nitrogen functional groups attached to an aromatic ring is 1. The van der Waals surface area contributed by atoms with Crippen molar-refractivity contribution >= 4 is 23.8 Å². The lowest BCUT2D eigenvalue weighted by Crippen LogP contribution is -2.20. The topological polar surface area (TPSA) is 113 Å². The Kier molecular flexibility index (Phi) is 7.10. The summed E-state index contributed by atoms with van der Waals surface area (Å²) >= 11 is 0. The van der Waals surface area contributed by atoms with Gasteiger partial charge in [0.15, 0.2) is 18.1 Å². The minimum atomic E-state index is -0.289. The quantitative estimate of drug-likeness (QED) is 0.512. The predicted octanol–water partition coefficient (Wildman–Crippen LogP) is 3.08. The van der Waals surface area contributed by atoms with Gasteiger partial charge in [0, 0.05) is 5.69 Å². The first-order chi connectivity index (χ1) is 15.0. The Morgan fingerprint density at radius 3 is 2.61 bits per heavy atom. The molecule has 9 heteroatoms. The van der Waals surface area contributed by atoms with Crippen molar-refractivity contribution in [3.8, 4) is 17.2 Å². The third-order valence-corrected chi connectivity index (χ3v) is 4.16. The van der Waals surface area contributed by atoms with Gasteiger partial charge in [0.25, 0.3) is 5.91 Å². The zero-order valence-corrected chi connectivity index (χ0v) is 17.7. The fraction of sp³-hybridized carbons (Fsp3) is 0.227. The number of aromatic nitrogens is 2. The maximum Gasteiger partial charge on any atom is 0.262 e. The molecule has 9 nitrogen and oxygen atoms in total. The normalized spacial score (nSPS) is 10.8. The van der Waals surface area contributed by atoms with Crippen LogP contribution in [0.1, 0.15) is 18.2 Å². The van der Waals surface area contributed by atoms with Gasteiger partial charge < -0.3 is 25.3 Å². The summed E-state index contributed by atoms with van der Waals surface area (Å²) in [4.78, 5) is 16.3. The molecule has 0 saturated heterocycles. The average molecular weight is 423 g/mol. The van der Waals surface area contributed by atoms with Crippen LogP contribution in [0.3, 0.4) is 0 Å². The van der Waals surface area contributed by atoms with E-state index in [-0.39, 0.29) is 12.5 Å². The van der Waals surface area contributed by atoms with Gasteiger partial charge in [-0.15, -0.1) is 0 Å². The molecule has 1 amide bonds. The highest BCUT2D eigenvalue weighted by atomic mass is 16.5. The summed E-state index contributed by atoms with van der Waals surface area (Å²) in [5, 5.41) is 7.05. The van der Waals surface area contributed by atoms with Crippen molar-refractivity contribution < 1.29 is 19.0 Å². The second-order valence-electron chi connectivity index (χ2n) is 6.53. The molecule has 1 aromatic heterocycles. The minimum absolute atomic E-state index is 0.165. The van der Waals surface area contributed by atoms with E-state index in [0.29, 0.717) is 29.7 Å². The average Bonchev–Trinajstić information content (AvgIpc) is 3.09. The van der Waals surface area contributed by atoms with Crippen molar-refractivity contribution in [3.05, 3.63) is 59.9 Å². The fourth-order valence-corrected chi connectivity index (χ4v) is 2.75. The van der Waals surface area contributed by atoms with Crippen LogP contribution in [-0.2, 0) is 4.79 Å². The van der Waals surface area contributed by atoms with Crippen molar-refractivity contribution in [3.63, 3.8) is 0 Å². The van der Waals surface area contributed by atoms with Crippen LogP contribution in [0.2, 0.25) is 0 Å². The van der Waals surface area contributed by atoms with E-state index in [1.54, 1.807) is 54.9 Å². The lowest BCUT2D eigenvalue weighted by molar-refractivity contribution is -0.118. The number of nitrogens with zero attached hydrogens (tertiary/aromatic N) is 3. The molecular formula is C22H25N5O4. The molecule has 0 fully saturated rings. The van der Waals surface area contributed by atoms with Crippen LogP contribution in [0.15, 0.2) is 53.8 Å². The number of benzene rings is 2. The number of methoxy groups -OCH3 is 1. The Labute approximate surface area is 180 Å². The summed E-state index contributed by atoms with van der Waals surface area (Å²) in [5.74, 6) is 1.69. The molecule has 0 saturated carbocycles. The molecule has 3 rings (SSSR count). The van der Waals surface area contributed by atoms with E-state index in [2.05, 4.69) is 15.4 Å². The van der Waals surface area contributed by atoms with Crippen molar-refractivity contribution in [1.29, 1.82) is 0 Å². The molecular weight excluding hydrogens is 398 g/mol. The van der Waals surface area contributed by atoms with Gasteiger partial charge in [-0.05, 0) is 61.9 Å². The third-order valence-electron chi connectivity index (χ3n) is 4.16. The Bertz CT molecular complexity index is 1060. The first-order valence-corrected chi connectivity index (χ1v) is 9.68. The smallest absolute Gasteiger partial charge is 0.262 e. The molecule has 162 valence electrons. The van der Waals surface area contributed by atoms with Gasteiger partial charge in [-0.2, -0.15) is 5.10 Å². The summed E-state index contributed by atoms with van der Waals surface area (Å²) < 4.78 is 17.9. The van der Waals surface area contributed by atoms with Crippen molar-refractivity contribution in [2.45, 2.75) is 13.8 Å². The van der Waals surface area contributed by atoms with Crippen LogP contribution < -0.4 is 25.3 Å². The van der Waals surface area contributed by atoms with Crippen LogP contribution in [0.4, 0.5) is 11.6 Å². The number of nitrogens with one attached hydrogen (secondary N) is 1. The number of carbonyl (C=O) groups excluding carboxylic acids is 1. The van der Waals surface area contributed by atoms with Crippen LogP contribution in [0.25, 0.3) is 0 Å². The Hall–Kier alpha value is -4.01. The van der Waals surface area contributed by atoms with Crippen LogP contribution in [0, 0.1) is 6.92 Å². The van der Waals surface area contributed by atoms with Gasteiger partial charge in [0.2, 0.25) is 5.95 Å². The minimum Gasteiger partial charge on any atom is -0.494 e. The lowest BCUT2D eigenvalue weighted by Gasteiger charge is -2.12. The van der Waals surface area contributed by atoms with Crippen LogP contribution in [0.5, 0.6) is 17.2 Å². The number of ether oxygens (including phenoxy) is 3. The van der Waals surface area contributed by atoms with Gasteiger partial charge in [0.05, 0.1) is 31.8 Å². The molecule has 3 N–H and O–H groups in total. The molecule has 0 aliphatic heterocycles. The number of anilines is 2. The number of rotatable bonds is 9. The largest absolute Gasteiger partial charge is 0.494 e. The molecule has 0 radical (unpaired) electrons. The number of imidazole rings is 1. The SMILES string of the molecule is CCOc1ccc(NC(=O)COc2ccc(C=Nn3cc(C)nc3N)cc2OC)cc1. The van der Waals surface area contributed by atoms with Crippen molar-refractivity contribution in [1.82, 2.24) is 9.66 Å². The molecule has 0 bridgehead atoms. The van der Waals surface area contributed by atoms with E-state index in [9.17, 15) is 4.79 Å². The summed E-state index contributed by atoms with van der Waals surface area (Å²) in [6.07, 6.45) is 3.35. The summed E-state index contributed by atoms with van der Waals surface area (Å²) in [6, 6.07) is 12.4. The molecule has 31 heavy (non-hydrogen) atoms. The Balaban J connectivity index is 1.59. The lowest BCUT2D eigenvalue weighted by atomic mass is 10.2. The van der Waals surface area contributed by atoms with Gasteiger partial charge in [0.1, 0.15) is 5.75 Å². The summed E-state index contributed by atoms with van der Waals surface area (Å²) in [6.45, 7) is 4.17. The Morgan fingerprint density at radius 2 is 1.97 bits per heavy atom. The van der Waals surface area contributed by atoms with E-state index in [1.807, 2.05) is 13.8 Å². The zero-order chi connectivity index (χ0) is 22.2. The van der Waals surface area contributed by atoms with Crippen LogP contribution >= 0.6 is 0 Å². The highest BCUT2D eigenvalue weighted by Crippen LogP contribution is 2.27. The number of hydrogen-bond acceptors (Lipinski definition) is 7. The number of carbonyl (C=O) groups is 1. The highest BCUT2D eigenvalue weighted by molar-refractivity contribution is 5.92. The zero-order valence-electron chi connectivity index (χ0n) is 17.7. The number of nitrogens with two attached hydrogens (primary N) is 1. The molecule has 1 heterocycles.